The molecule has 2 aromatic rings. The standard InChI is InChI=1S/C20H23OS.F6P/c1-3-5-11-16(10-4-2)22-19-14-8-6-12-17(19)21-18-13-7-9-15-20(18)22;1-7(2,3,4,5)6/h6-9,11-15H,3-5,10H2,1-2H3;/q+1;-1/b16-11-;. The molecular weight excluding hydrogens is 433 g/mol. The summed E-state index contributed by atoms with van der Waals surface area (Å²) in [7, 11) is -10.7. The van der Waals surface area contributed by atoms with Crippen LogP contribution in [-0.2, 0) is 10.9 Å². The predicted octanol–water partition coefficient (Wildman–Crippen LogP) is 9.70. The van der Waals surface area contributed by atoms with Gasteiger partial charge in [0.2, 0.25) is 9.79 Å². The van der Waals surface area contributed by atoms with Gasteiger partial charge in [-0.15, -0.1) is 0 Å². The van der Waals surface area contributed by atoms with Crippen LogP contribution in [-0.4, -0.2) is 0 Å². The van der Waals surface area contributed by atoms with E-state index in [9.17, 15) is 25.2 Å². The normalized spacial score (nSPS) is 16.3. The van der Waals surface area contributed by atoms with E-state index in [1.54, 1.807) is 4.91 Å². The Hall–Kier alpha value is -1.66. The zero-order chi connectivity index (χ0) is 21.8. The topological polar surface area (TPSA) is 9.23 Å². The molecular formula is C20H23F6OPS. The summed E-state index contributed by atoms with van der Waals surface area (Å²) in [5.41, 5.74) is 0. The third kappa shape index (κ3) is 8.31. The first-order chi connectivity index (χ1) is 13.3. The number of allylic oxidation sites excluding steroid dienone is 2. The Kier molecular flexibility index (Phi) is 6.70. The van der Waals surface area contributed by atoms with Crippen LogP contribution < -0.4 is 4.74 Å². The van der Waals surface area contributed by atoms with Crippen molar-refractivity contribution in [2.45, 2.75) is 49.3 Å². The number of hydrogen-bond acceptors (Lipinski definition) is 1. The predicted molar refractivity (Wildman–Crippen MR) is 108 cm³/mol. The van der Waals surface area contributed by atoms with Crippen molar-refractivity contribution in [3.05, 3.63) is 59.5 Å². The van der Waals surface area contributed by atoms with E-state index in [4.69, 9.17) is 4.74 Å². The second kappa shape index (κ2) is 8.23. The molecule has 0 saturated carbocycles. The van der Waals surface area contributed by atoms with E-state index >= 15 is 0 Å². The summed E-state index contributed by atoms with van der Waals surface area (Å²) in [6, 6.07) is 17.0. The molecule has 0 fully saturated rings. The molecule has 0 radical (unpaired) electrons. The van der Waals surface area contributed by atoms with Crippen molar-refractivity contribution in [2.75, 3.05) is 0 Å². The Bertz CT molecular complexity index is 823. The Morgan fingerprint density at radius 2 is 1.28 bits per heavy atom. The fraction of sp³-hybridized carbons (Fsp3) is 0.300. The Morgan fingerprint density at radius 1 is 0.828 bits per heavy atom. The zero-order valence-corrected chi connectivity index (χ0v) is 17.8. The molecule has 0 atom stereocenters. The molecule has 1 aliphatic rings. The van der Waals surface area contributed by atoms with Crippen LogP contribution in [0.4, 0.5) is 25.2 Å². The van der Waals surface area contributed by atoms with E-state index in [2.05, 4.69) is 68.5 Å². The number of halogens is 6. The summed E-state index contributed by atoms with van der Waals surface area (Å²) >= 11 is 0. The maximum atomic E-state index is 9.87. The van der Waals surface area contributed by atoms with Crippen LogP contribution in [0.25, 0.3) is 0 Å². The number of hydrogen-bond donors (Lipinski definition) is 0. The summed E-state index contributed by atoms with van der Waals surface area (Å²) < 4.78 is 65.3. The Morgan fingerprint density at radius 3 is 1.69 bits per heavy atom. The van der Waals surface area contributed by atoms with Gasteiger partial charge < -0.3 is 4.74 Å². The molecule has 9 heteroatoms. The summed E-state index contributed by atoms with van der Waals surface area (Å²) in [5.74, 6) is 2.03. The summed E-state index contributed by atoms with van der Waals surface area (Å²) in [6.45, 7) is 4.51. The second-order valence-corrected chi connectivity index (χ2v) is 10.4. The van der Waals surface area contributed by atoms with Gasteiger partial charge in [0.15, 0.2) is 11.5 Å². The Labute approximate surface area is 169 Å². The monoisotopic (exact) mass is 456 g/mol. The van der Waals surface area contributed by atoms with Crippen molar-refractivity contribution in [3.8, 4) is 11.5 Å². The van der Waals surface area contributed by atoms with Gasteiger partial charge in [-0.1, -0.05) is 44.5 Å². The molecule has 1 nitrogen and oxygen atoms in total. The van der Waals surface area contributed by atoms with Crippen molar-refractivity contribution in [3.63, 3.8) is 0 Å². The minimum atomic E-state index is -10.7. The number of para-hydroxylation sites is 2. The van der Waals surface area contributed by atoms with Crippen LogP contribution >= 0.6 is 7.81 Å². The fourth-order valence-electron chi connectivity index (χ4n) is 2.76. The first-order valence-electron chi connectivity index (χ1n) is 9.15. The minimum absolute atomic E-state index is 0.00242. The van der Waals surface area contributed by atoms with Crippen molar-refractivity contribution in [1.82, 2.24) is 0 Å². The molecule has 0 spiro atoms. The first-order valence-corrected chi connectivity index (χ1v) is 12.4. The van der Waals surface area contributed by atoms with Crippen LogP contribution in [0.15, 0.2) is 69.3 Å². The number of fused-ring (bicyclic) bond motifs is 2. The van der Waals surface area contributed by atoms with Gasteiger partial charge >= 0.3 is 33.0 Å². The van der Waals surface area contributed by atoms with Crippen molar-refractivity contribution in [2.24, 2.45) is 0 Å². The van der Waals surface area contributed by atoms with E-state index in [-0.39, 0.29) is 10.9 Å². The van der Waals surface area contributed by atoms with Gasteiger partial charge in [-0.05, 0) is 43.2 Å². The van der Waals surface area contributed by atoms with Gasteiger partial charge in [-0.3, -0.25) is 0 Å². The molecule has 1 heterocycles. The molecule has 29 heavy (non-hydrogen) atoms. The third-order valence-corrected chi connectivity index (χ3v) is 6.23. The number of ether oxygens (including phenoxy) is 1. The van der Waals surface area contributed by atoms with Crippen LogP contribution in [0.5, 0.6) is 11.5 Å². The molecule has 0 aromatic heterocycles. The number of rotatable bonds is 5. The summed E-state index contributed by atoms with van der Waals surface area (Å²) in [6.07, 6.45) is 7.16. The van der Waals surface area contributed by atoms with Crippen LogP contribution in [0.3, 0.4) is 0 Å². The summed E-state index contributed by atoms with van der Waals surface area (Å²) in [5, 5.41) is 0. The van der Waals surface area contributed by atoms with E-state index in [1.807, 2.05) is 0 Å². The molecule has 2 aromatic carbocycles. The molecule has 0 N–H and O–H groups in total. The van der Waals surface area contributed by atoms with Gasteiger partial charge in [0.25, 0.3) is 0 Å². The molecule has 0 amide bonds. The van der Waals surface area contributed by atoms with Gasteiger partial charge in [0, 0.05) is 6.42 Å². The average Bonchev–Trinajstić information content (AvgIpc) is 2.61. The third-order valence-electron chi connectivity index (χ3n) is 3.78. The summed E-state index contributed by atoms with van der Waals surface area (Å²) in [4.78, 5) is 4.22. The quantitative estimate of drug-likeness (QED) is 0.247. The molecule has 0 unspecified atom stereocenters. The molecule has 3 rings (SSSR count). The maximum absolute atomic E-state index is 10.7. The van der Waals surface area contributed by atoms with Crippen LogP contribution in [0.2, 0.25) is 0 Å². The van der Waals surface area contributed by atoms with E-state index < -0.39 is 7.81 Å². The number of benzene rings is 2. The first kappa shape index (κ1) is 23.6. The van der Waals surface area contributed by atoms with Crippen molar-refractivity contribution in [1.29, 1.82) is 0 Å². The van der Waals surface area contributed by atoms with E-state index in [1.165, 1.54) is 22.6 Å². The molecule has 0 saturated heterocycles. The molecule has 0 bridgehead atoms. The van der Waals surface area contributed by atoms with E-state index in [0.29, 0.717) is 0 Å². The van der Waals surface area contributed by atoms with Crippen LogP contribution in [0, 0.1) is 0 Å². The van der Waals surface area contributed by atoms with Gasteiger partial charge in [0.05, 0.1) is 0 Å². The van der Waals surface area contributed by atoms with Gasteiger partial charge in [0.1, 0.15) is 15.8 Å². The average molecular weight is 456 g/mol. The SMILES string of the molecule is CCC/C=C(/CCC)[S+]1c2ccccc2Oc2ccccc21.F[P-](F)(F)(F)(F)F. The number of unbranched alkanes of at least 4 members (excludes halogenated alkanes) is 1. The Balaban J connectivity index is 0.000000370. The van der Waals surface area contributed by atoms with Crippen molar-refractivity contribution >= 4 is 18.7 Å². The molecule has 1 aliphatic heterocycles. The van der Waals surface area contributed by atoms with Gasteiger partial charge in [-0.2, -0.15) is 0 Å². The second-order valence-electron chi connectivity index (χ2n) is 6.47. The van der Waals surface area contributed by atoms with Gasteiger partial charge in [-0.25, -0.2) is 0 Å². The fourth-order valence-corrected chi connectivity index (χ4v) is 5.31. The zero-order valence-electron chi connectivity index (χ0n) is 16.1. The van der Waals surface area contributed by atoms with Crippen LogP contribution in [0.1, 0.15) is 39.5 Å². The molecule has 0 aliphatic carbocycles. The van der Waals surface area contributed by atoms with E-state index in [0.717, 1.165) is 24.3 Å². The van der Waals surface area contributed by atoms with Crippen molar-refractivity contribution < 1.29 is 29.9 Å². The molecule has 162 valence electrons.